The van der Waals surface area contributed by atoms with Crippen molar-refractivity contribution in [3.8, 4) is 0 Å². The molecule has 1 heterocycles. The minimum atomic E-state index is 0.389. The molecule has 1 aliphatic heterocycles. The van der Waals surface area contributed by atoms with Crippen LogP contribution in [0.5, 0.6) is 0 Å². The number of piperidine rings is 1. The van der Waals surface area contributed by atoms with Gasteiger partial charge in [-0.1, -0.05) is 13.8 Å². The minimum Gasteiger partial charge on any atom is -0.311 e. The number of nitrogens with zero attached hydrogens (tertiary/aromatic N) is 1. The average molecular weight is 244 g/mol. The second-order valence-corrected chi connectivity index (χ2v) is 7.37. The van der Waals surface area contributed by atoms with E-state index in [1.54, 1.807) is 0 Å². The van der Waals surface area contributed by atoms with E-state index in [9.17, 15) is 0 Å². The van der Waals surface area contributed by atoms with Crippen LogP contribution >= 0.6 is 11.8 Å². The van der Waals surface area contributed by atoms with Gasteiger partial charge in [-0.25, -0.2) is 0 Å². The molecule has 1 atom stereocenters. The lowest BCUT2D eigenvalue weighted by Gasteiger charge is -2.38. The smallest absolute Gasteiger partial charge is 0.0227 e. The highest BCUT2D eigenvalue weighted by Crippen LogP contribution is 2.24. The molecule has 1 N–H and O–H groups in total. The first-order valence-electron chi connectivity index (χ1n) is 6.46. The van der Waals surface area contributed by atoms with Gasteiger partial charge in [0.2, 0.25) is 0 Å². The van der Waals surface area contributed by atoms with Crippen molar-refractivity contribution in [2.45, 2.75) is 57.4 Å². The Labute approximate surface area is 106 Å². The largest absolute Gasteiger partial charge is 0.311 e. The number of thioether (sulfide) groups is 1. The summed E-state index contributed by atoms with van der Waals surface area (Å²) in [6.07, 6.45) is 4.90. The summed E-state index contributed by atoms with van der Waals surface area (Å²) >= 11 is 1.97. The van der Waals surface area contributed by atoms with Crippen LogP contribution in [0, 0.1) is 0 Å². The molecule has 3 heteroatoms. The van der Waals surface area contributed by atoms with Crippen molar-refractivity contribution in [3.05, 3.63) is 0 Å². The summed E-state index contributed by atoms with van der Waals surface area (Å²) in [7, 11) is 0. The first kappa shape index (κ1) is 14.3. The molecule has 1 fully saturated rings. The van der Waals surface area contributed by atoms with E-state index < -0.39 is 0 Å². The Hall–Kier alpha value is 0.270. The molecule has 1 aliphatic rings. The first-order valence-corrected chi connectivity index (χ1v) is 7.69. The number of nitrogens with one attached hydrogen (secondary N) is 1. The highest BCUT2D eigenvalue weighted by atomic mass is 32.2. The number of likely N-dealkylation sites (tertiary alicyclic amines) is 1. The van der Waals surface area contributed by atoms with Crippen LogP contribution in [0.15, 0.2) is 0 Å². The van der Waals surface area contributed by atoms with Gasteiger partial charge in [0.25, 0.3) is 0 Å². The zero-order valence-electron chi connectivity index (χ0n) is 11.5. The molecule has 96 valence electrons. The fourth-order valence-corrected chi connectivity index (χ4v) is 2.72. The molecule has 0 aliphatic carbocycles. The molecule has 0 aromatic rings. The zero-order chi connectivity index (χ0) is 12.2. The standard InChI is InChI=1S/C13H28N2S/c1-11(2)14-12-7-6-8-15(9-12)10-13(3,4)16-5/h11-12,14H,6-10H2,1-5H3. The van der Waals surface area contributed by atoms with Crippen molar-refractivity contribution in [2.75, 3.05) is 25.9 Å². The molecule has 0 radical (unpaired) electrons. The van der Waals surface area contributed by atoms with Crippen LogP contribution in [0.3, 0.4) is 0 Å². The summed E-state index contributed by atoms with van der Waals surface area (Å²) in [6.45, 7) is 12.9. The van der Waals surface area contributed by atoms with Gasteiger partial charge in [0.05, 0.1) is 0 Å². The Morgan fingerprint density at radius 3 is 2.69 bits per heavy atom. The third kappa shape index (κ3) is 5.07. The number of rotatable bonds is 5. The van der Waals surface area contributed by atoms with Gasteiger partial charge in [-0.05, 0) is 39.5 Å². The van der Waals surface area contributed by atoms with Crippen LogP contribution < -0.4 is 5.32 Å². The molecule has 0 saturated carbocycles. The van der Waals surface area contributed by atoms with Gasteiger partial charge in [-0.2, -0.15) is 11.8 Å². The van der Waals surface area contributed by atoms with Gasteiger partial charge < -0.3 is 10.2 Å². The van der Waals surface area contributed by atoms with Crippen molar-refractivity contribution in [1.82, 2.24) is 10.2 Å². The molecular formula is C13H28N2S. The Kier molecular flexibility index (Phi) is 5.62. The van der Waals surface area contributed by atoms with Crippen molar-refractivity contribution < 1.29 is 0 Å². The minimum absolute atomic E-state index is 0.389. The summed E-state index contributed by atoms with van der Waals surface area (Å²) in [5.41, 5.74) is 0. The maximum absolute atomic E-state index is 3.67. The molecule has 1 saturated heterocycles. The Morgan fingerprint density at radius 1 is 1.44 bits per heavy atom. The van der Waals surface area contributed by atoms with Crippen LogP contribution in [0.2, 0.25) is 0 Å². The van der Waals surface area contributed by atoms with Gasteiger partial charge in [-0.15, -0.1) is 0 Å². The number of hydrogen-bond donors (Lipinski definition) is 1. The highest BCUT2D eigenvalue weighted by molar-refractivity contribution is 7.99. The second kappa shape index (κ2) is 6.27. The van der Waals surface area contributed by atoms with Crippen molar-refractivity contribution in [1.29, 1.82) is 0 Å². The van der Waals surface area contributed by atoms with E-state index in [1.807, 2.05) is 11.8 Å². The van der Waals surface area contributed by atoms with Gasteiger partial charge in [-0.3, -0.25) is 0 Å². The monoisotopic (exact) mass is 244 g/mol. The van der Waals surface area contributed by atoms with Crippen molar-refractivity contribution >= 4 is 11.8 Å². The normalized spacial score (nSPS) is 24.0. The summed E-state index contributed by atoms with van der Waals surface area (Å²) < 4.78 is 0.389. The lowest BCUT2D eigenvalue weighted by Crippen LogP contribution is -2.50. The van der Waals surface area contributed by atoms with Crippen LogP contribution in [-0.4, -0.2) is 47.6 Å². The van der Waals surface area contributed by atoms with Gasteiger partial charge >= 0.3 is 0 Å². The van der Waals surface area contributed by atoms with Crippen molar-refractivity contribution in [3.63, 3.8) is 0 Å². The summed E-state index contributed by atoms with van der Waals surface area (Å²) in [5, 5.41) is 3.67. The van der Waals surface area contributed by atoms with Crippen LogP contribution in [0.1, 0.15) is 40.5 Å². The van der Waals surface area contributed by atoms with E-state index >= 15 is 0 Å². The molecule has 16 heavy (non-hydrogen) atoms. The molecule has 1 rings (SSSR count). The van der Waals surface area contributed by atoms with E-state index in [2.05, 4.69) is 44.2 Å². The predicted octanol–water partition coefficient (Wildman–Crippen LogP) is 2.59. The Bertz CT molecular complexity index is 204. The quantitative estimate of drug-likeness (QED) is 0.800. The molecule has 1 unspecified atom stereocenters. The molecule has 0 spiro atoms. The third-order valence-electron chi connectivity index (χ3n) is 3.23. The molecule has 0 aromatic heterocycles. The van der Waals surface area contributed by atoms with E-state index in [1.165, 1.54) is 32.5 Å². The lowest BCUT2D eigenvalue weighted by atomic mass is 10.0. The highest BCUT2D eigenvalue weighted by Gasteiger charge is 2.25. The molecular weight excluding hydrogens is 216 g/mol. The Morgan fingerprint density at radius 2 is 2.12 bits per heavy atom. The van der Waals surface area contributed by atoms with E-state index in [0.29, 0.717) is 16.8 Å². The lowest BCUT2D eigenvalue weighted by molar-refractivity contribution is 0.176. The summed E-state index contributed by atoms with van der Waals surface area (Å²) in [4.78, 5) is 2.63. The van der Waals surface area contributed by atoms with Gasteiger partial charge in [0.15, 0.2) is 0 Å². The van der Waals surface area contributed by atoms with Crippen LogP contribution in [-0.2, 0) is 0 Å². The zero-order valence-corrected chi connectivity index (χ0v) is 12.4. The second-order valence-electron chi connectivity index (χ2n) is 5.86. The van der Waals surface area contributed by atoms with Gasteiger partial charge in [0.1, 0.15) is 0 Å². The van der Waals surface area contributed by atoms with E-state index in [4.69, 9.17) is 0 Å². The molecule has 2 nitrogen and oxygen atoms in total. The molecule has 0 amide bonds. The maximum Gasteiger partial charge on any atom is 0.0227 e. The number of hydrogen-bond acceptors (Lipinski definition) is 3. The fraction of sp³-hybridized carbons (Fsp3) is 1.00. The van der Waals surface area contributed by atoms with E-state index in [0.717, 1.165) is 0 Å². The maximum atomic E-state index is 3.67. The molecule has 0 bridgehead atoms. The SMILES string of the molecule is CSC(C)(C)CN1CCCC(NC(C)C)C1. The topological polar surface area (TPSA) is 15.3 Å². The van der Waals surface area contributed by atoms with Crippen molar-refractivity contribution in [2.24, 2.45) is 0 Å². The Balaban J connectivity index is 2.38. The van der Waals surface area contributed by atoms with Gasteiger partial charge in [0, 0.05) is 29.9 Å². The van der Waals surface area contributed by atoms with Crippen LogP contribution in [0.25, 0.3) is 0 Å². The first-order chi connectivity index (χ1) is 7.43. The fourth-order valence-electron chi connectivity index (χ4n) is 2.41. The van der Waals surface area contributed by atoms with Crippen LogP contribution in [0.4, 0.5) is 0 Å². The summed E-state index contributed by atoms with van der Waals surface area (Å²) in [5.74, 6) is 0. The third-order valence-corrected chi connectivity index (χ3v) is 4.47. The average Bonchev–Trinajstić information content (AvgIpc) is 2.16. The van der Waals surface area contributed by atoms with E-state index in [-0.39, 0.29) is 0 Å². The molecule has 0 aromatic carbocycles. The summed E-state index contributed by atoms with van der Waals surface area (Å²) in [6, 6.07) is 1.31. The predicted molar refractivity (Wildman–Crippen MR) is 75.3 cm³/mol.